The number of allylic oxidation sites excluding steroid dienone is 1. The first-order valence-corrected chi connectivity index (χ1v) is 9.88. The molecule has 1 fully saturated rings. The van der Waals surface area contributed by atoms with Crippen molar-refractivity contribution in [2.75, 3.05) is 40.0 Å². The van der Waals surface area contributed by atoms with E-state index in [9.17, 15) is 9.59 Å². The summed E-state index contributed by atoms with van der Waals surface area (Å²) in [5.41, 5.74) is 1.54. The molecule has 2 aliphatic heterocycles. The summed E-state index contributed by atoms with van der Waals surface area (Å²) in [4.78, 5) is 26.5. The molecule has 0 saturated carbocycles. The highest BCUT2D eigenvalue weighted by atomic mass is 16.7. The van der Waals surface area contributed by atoms with Gasteiger partial charge in [-0.15, -0.1) is 0 Å². The zero-order chi connectivity index (χ0) is 20.1. The maximum Gasteiger partial charge on any atom is 0.410 e. The molecule has 0 spiro atoms. The number of hydrogen-bond acceptors (Lipinski definition) is 7. The predicted octanol–water partition coefficient (Wildman–Crippen LogP) is 1.82. The third-order valence-corrected chi connectivity index (χ3v) is 5.72. The number of nitrogens with zero attached hydrogens (tertiary/aromatic N) is 1. The molecule has 28 heavy (non-hydrogen) atoms. The molecule has 1 N–H and O–H groups in total. The van der Waals surface area contributed by atoms with Gasteiger partial charge in [0.1, 0.15) is 0 Å². The van der Waals surface area contributed by atoms with E-state index in [1.165, 1.54) is 13.4 Å². The number of fused-ring (bicyclic) bond motifs is 1. The van der Waals surface area contributed by atoms with Crippen LogP contribution < -0.4 is 5.32 Å². The van der Waals surface area contributed by atoms with Gasteiger partial charge in [-0.05, 0) is 26.7 Å². The van der Waals surface area contributed by atoms with Gasteiger partial charge in [-0.25, -0.2) is 9.59 Å². The molecule has 4 atom stereocenters. The van der Waals surface area contributed by atoms with Gasteiger partial charge in [-0.3, -0.25) is 4.90 Å². The Balaban J connectivity index is 1.46. The molecule has 0 aromatic heterocycles. The normalized spacial score (nSPS) is 29.8. The molecule has 1 aliphatic carbocycles. The fourth-order valence-corrected chi connectivity index (χ4v) is 4.08. The van der Waals surface area contributed by atoms with Gasteiger partial charge in [-0.2, -0.15) is 0 Å². The summed E-state index contributed by atoms with van der Waals surface area (Å²) in [5, 5.41) is 2.79. The van der Waals surface area contributed by atoms with E-state index >= 15 is 0 Å². The van der Waals surface area contributed by atoms with E-state index in [1.807, 2.05) is 6.92 Å². The van der Waals surface area contributed by atoms with Crippen molar-refractivity contribution in [3.63, 3.8) is 0 Å². The van der Waals surface area contributed by atoms with Gasteiger partial charge >= 0.3 is 12.1 Å². The average Bonchev–Trinajstić information content (AvgIpc) is 3.08. The molecule has 0 bridgehead atoms. The molecule has 2 heterocycles. The van der Waals surface area contributed by atoms with Gasteiger partial charge < -0.3 is 24.3 Å². The first-order valence-electron chi connectivity index (χ1n) is 9.88. The second-order valence-electron chi connectivity index (χ2n) is 7.53. The largest absolute Gasteiger partial charge is 0.466 e. The van der Waals surface area contributed by atoms with Gasteiger partial charge in [0.2, 0.25) is 0 Å². The van der Waals surface area contributed by atoms with Crippen LogP contribution in [0, 0.1) is 11.8 Å². The number of esters is 1. The number of alkyl carbamates (subject to hydrolysis) is 1. The van der Waals surface area contributed by atoms with Crippen LogP contribution in [0.1, 0.15) is 26.7 Å². The topological polar surface area (TPSA) is 86.3 Å². The van der Waals surface area contributed by atoms with E-state index in [0.29, 0.717) is 24.6 Å². The maximum absolute atomic E-state index is 12.2. The van der Waals surface area contributed by atoms with Crippen LogP contribution in [0.4, 0.5) is 4.79 Å². The van der Waals surface area contributed by atoms with E-state index in [-0.39, 0.29) is 11.8 Å². The van der Waals surface area contributed by atoms with E-state index in [2.05, 4.69) is 23.2 Å². The van der Waals surface area contributed by atoms with Crippen molar-refractivity contribution in [3.8, 4) is 0 Å². The fourth-order valence-electron chi connectivity index (χ4n) is 4.08. The molecule has 0 aromatic carbocycles. The van der Waals surface area contributed by atoms with Crippen LogP contribution in [0.2, 0.25) is 0 Å². The molecule has 0 radical (unpaired) electrons. The van der Waals surface area contributed by atoms with E-state index in [4.69, 9.17) is 18.9 Å². The number of rotatable bonds is 6. The van der Waals surface area contributed by atoms with Crippen molar-refractivity contribution in [1.29, 1.82) is 0 Å². The SMILES string of the molecule is COC(=O)C1=COC(OC(=O)NCCCN2CCOCC2C)C2C(C)=CCC12. The Morgan fingerprint density at radius 1 is 1.39 bits per heavy atom. The Bertz CT molecular complexity index is 647. The minimum absolute atomic E-state index is 0.0817. The van der Waals surface area contributed by atoms with Crippen molar-refractivity contribution >= 4 is 12.1 Å². The predicted molar refractivity (Wildman–Crippen MR) is 101 cm³/mol. The van der Waals surface area contributed by atoms with Crippen LogP contribution in [-0.2, 0) is 23.7 Å². The monoisotopic (exact) mass is 394 g/mol. The quantitative estimate of drug-likeness (QED) is 0.418. The van der Waals surface area contributed by atoms with E-state index in [0.717, 1.165) is 38.3 Å². The summed E-state index contributed by atoms with van der Waals surface area (Å²) >= 11 is 0. The lowest BCUT2D eigenvalue weighted by molar-refractivity contribution is -0.141. The molecule has 8 heteroatoms. The average molecular weight is 394 g/mol. The Hall–Kier alpha value is -2.06. The molecule has 4 unspecified atom stereocenters. The summed E-state index contributed by atoms with van der Waals surface area (Å²) in [5.74, 6) is -0.654. The first-order chi connectivity index (χ1) is 13.5. The molecule has 8 nitrogen and oxygen atoms in total. The van der Waals surface area contributed by atoms with Crippen molar-refractivity contribution in [2.24, 2.45) is 11.8 Å². The fraction of sp³-hybridized carbons (Fsp3) is 0.700. The highest BCUT2D eigenvalue weighted by molar-refractivity contribution is 5.89. The zero-order valence-corrected chi connectivity index (χ0v) is 16.8. The second-order valence-corrected chi connectivity index (χ2v) is 7.53. The first kappa shape index (κ1) is 20.7. The highest BCUT2D eigenvalue weighted by Gasteiger charge is 2.44. The van der Waals surface area contributed by atoms with Gasteiger partial charge in [0, 0.05) is 31.6 Å². The minimum atomic E-state index is -0.739. The lowest BCUT2D eigenvalue weighted by atomic mass is 9.84. The molecule has 0 aromatic rings. The molecular weight excluding hydrogens is 364 g/mol. The lowest BCUT2D eigenvalue weighted by Crippen LogP contribution is -2.45. The van der Waals surface area contributed by atoms with Crippen LogP contribution >= 0.6 is 0 Å². The number of hydrogen-bond donors (Lipinski definition) is 1. The highest BCUT2D eigenvalue weighted by Crippen LogP contribution is 2.43. The third kappa shape index (κ3) is 4.67. The number of morpholine rings is 1. The maximum atomic E-state index is 12.2. The van der Waals surface area contributed by atoms with Gasteiger partial charge in [0.05, 0.1) is 38.1 Å². The van der Waals surface area contributed by atoms with Crippen LogP contribution in [0.25, 0.3) is 0 Å². The molecule has 1 saturated heterocycles. The van der Waals surface area contributed by atoms with Gasteiger partial charge in [0.25, 0.3) is 6.29 Å². The molecule has 3 aliphatic rings. The summed E-state index contributed by atoms with van der Waals surface area (Å²) in [6.45, 7) is 7.98. The molecular formula is C20H30N2O6. The summed E-state index contributed by atoms with van der Waals surface area (Å²) in [6.07, 6.45) is 3.72. The zero-order valence-electron chi connectivity index (χ0n) is 16.8. The Morgan fingerprint density at radius 2 is 2.21 bits per heavy atom. The van der Waals surface area contributed by atoms with Crippen LogP contribution in [0.15, 0.2) is 23.5 Å². The van der Waals surface area contributed by atoms with Crippen molar-refractivity contribution in [1.82, 2.24) is 10.2 Å². The summed E-state index contributed by atoms with van der Waals surface area (Å²) < 4.78 is 21.3. The van der Waals surface area contributed by atoms with Crippen LogP contribution in [0.3, 0.4) is 0 Å². The Labute approximate surface area is 165 Å². The van der Waals surface area contributed by atoms with Crippen LogP contribution in [-0.4, -0.2) is 69.3 Å². The molecule has 1 amide bonds. The Morgan fingerprint density at radius 3 is 2.96 bits per heavy atom. The lowest BCUT2D eigenvalue weighted by Gasteiger charge is -2.34. The summed E-state index contributed by atoms with van der Waals surface area (Å²) in [7, 11) is 1.35. The Kier molecular flexibility index (Phi) is 6.96. The standard InChI is InChI=1S/C20H30N2O6/c1-13-5-6-15-16(18(23)25-3)12-27-19(17(13)15)28-20(24)21-7-4-8-22-9-10-26-11-14(22)2/h5,12,14-15,17,19H,4,6-11H2,1-3H3,(H,21,24). The van der Waals surface area contributed by atoms with Crippen molar-refractivity contribution in [2.45, 2.75) is 39.0 Å². The molecule has 156 valence electrons. The number of ether oxygens (including phenoxy) is 4. The van der Waals surface area contributed by atoms with E-state index < -0.39 is 18.4 Å². The number of nitrogens with one attached hydrogen (secondary N) is 1. The smallest absolute Gasteiger partial charge is 0.410 e. The number of methoxy groups -OCH3 is 1. The second kappa shape index (κ2) is 9.43. The third-order valence-electron chi connectivity index (χ3n) is 5.72. The number of carbonyl (C=O) groups is 2. The number of amides is 1. The summed E-state index contributed by atoms with van der Waals surface area (Å²) in [6, 6.07) is 0.404. The van der Waals surface area contributed by atoms with Gasteiger partial charge in [0.15, 0.2) is 0 Å². The number of carbonyl (C=O) groups excluding carboxylic acids is 2. The van der Waals surface area contributed by atoms with Gasteiger partial charge in [-0.1, -0.05) is 11.6 Å². The molecule has 3 rings (SSSR count). The van der Waals surface area contributed by atoms with E-state index in [1.54, 1.807) is 0 Å². The van der Waals surface area contributed by atoms with Crippen molar-refractivity contribution in [3.05, 3.63) is 23.5 Å². The van der Waals surface area contributed by atoms with Crippen LogP contribution in [0.5, 0.6) is 0 Å². The minimum Gasteiger partial charge on any atom is -0.466 e. The van der Waals surface area contributed by atoms with Crippen molar-refractivity contribution < 1.29 is 28.5 Å².